The maximum Gasteiger partial charge on any atom is 0.252 e. The minimum absolute atomic E-state index is 0.152. The summed E-state index contributed by atoms with van der Waals surface area (Å²) in [5, 5.41) is 0.395. The minimum Gasteiger partial charge on any atom is -0.460 e. The molecule has 0 saturated carbocycles. The van der Waals surface area contributed by atoms with E-state index in [1.165, 1.54) is 31.2 Å². The fraction of sp³-hybridized carbons (Fsp3) is 0.200. The Kier molecular flexibility index (Phi) is 6.00. The summed E-state index contributed by atoms with van der Waals surface area (Å²) >= 11 is 3.31. The maximum absolute atomic E-state index is 13.2. The highest BCUT2D eigenvalue weighted by Gasteiger charge is 2.25. The van der Waals surface area contributed by atoms with Crippen LogP contribution in [0.3, 0.4) is 0 Å². The number of furan rings is 1. The number of hydrogen-bond donors (Lipinski definition) is 1. The summed E-state index contributed by atoms with van der Waals surface area (Å²) in [4.78, 5) is 23.7. The first kappa shape index (κ1) is 22.0. The number of Topliss-reactive ketones (excluding diaryl/α,β-unsaturated/α-hetero) is 1. The molecule has 0 saturated heterocycles. The molecule has 0 bridgehead atoms. The molecule has 2 aromatic carbocycles. The number of nitrogens with zero attached hydrogens (tertiary/aromatic N) is 1. The van der Waals surface area contributed by atoms with Crippen molar-refractivity contribution in [2.24, 2.45) is 5.73 Å². The average molecular weight is 497 g/mol. The average Bonchev–Trinajstić information content (AvgIpc) is 2.97. The number of ketones is 1. The zero-order chi connectivity index (χ0) is 22.2. The van der Waals surface area contributed by atoms with Gasteiger partial charge in [0.2, 0.25) is 10.0 Å². The molecule has 0 aliphatic rings. The first-order chi connectivity index (χ1) is 14.0. The van der Waals surface area contributed by atoms with E-state index in [0.717, 1.165) is 10.6 Å². The first-order valence-electron chi connectivity index (χ1n) is 8.73. The van der Waals surface area contributed by atoms with Crippen LogP contribution in [-0.4, -0.2) is 32.9 Å². The Bertz CT molecular complexity index is 1250. The van der Waals surface area contributed by atoms with Gasteiger partial charge in [0, 0.05) is 22.3 Å². The lowest BCUT2D eigenvalue weighted by Crippen LogP contribution is -2.34. The van der Waals surface area contributed by atoms with Crippen molar-refractivity contribution in [3.63, 3.8) is 0 Å². The highest BCUT2D eigenvalue weighted by Crippen LogP contribution is 2.37. The number of primary amides is 1. The van der Waals surface area contributed by atoms with Gasteiger partial charge in [-0.3, -0.25) is 13.9 Å². The van der Waals surface area contributed by atoms with Crippen molar-refractivity contribution in [2.45, 2.75) is 13.3 Å². The summed E-state index contributed by atoms with van der Waals surface area (Å²) in [6.07, 6.45) is 1.17. The van der Waals surface area contributed by atoms with Crippen molar-refractivity contribution < 1.29 is 26.8 Å². The zero-order valence-electron chi connectivity index (χ0n) is 16.1. The lowest BCUT2D eigenvalue weighted by molar-refractivity contribution is -0.115. The number of fused-ring (bicyclic) bond motifs is 1. The highest BCUT2D eigenvalue weighted by atomic mass is 79.9. The van der Waals surface area contributed by atoms with Crippen LogP contribution >= 0.6 is 15.9 Å². The van der Waals surface area contributed by atoms with Gasteiger partial charge < -0.3 is 10.2 Å². The van der Waals surface area contributed by atoms with Crippen molar-refractivity contribution in [3.05, 3.63) is 63.6 Å². The van der Waals surface area contributed by atoms with Crippen LogP contribution in [-0.2, 0) is 21.2 Å². The number of amides is 1. The predicted octanol–water partition coefficient (Wildman–Crippen LogP) is 3.38. The molecule has 0 aliphatic heterocycles. The number of halogens is 2. The molecule has 0 spiro atoms. The molecule has 3 rings (SSSR count). The Morgan fingerprint density at radius 1 is 1.20 bits per heavy atom. The monoisotopic (exact) mass is 496 g/mol. The third-order valence-electron chi connectivity index (χ3n) is 4.39. The summed E-state index contributed by atoms with van der Waals surface area (Å²) in [7, 11) is -3.76. The van der Waals surface area contributed by atoms with E-state index in [-0.39, 0.29) is 41.3 Å². The Morgan fingerprint density at radius 3 is 2.37 bits per heavy atom. The van der Waals surface area contributed by atoms with Gasteiger partial charge in [0.25, 0.3) is 5.91 Å². The van der Waals surface area contributed by atoms with Gasteiger partial charge in [-0.15, -0.1) is 0 Å². The van der Waals surface area contributed by atoms with E-state index in [4.69, 9.17) is 10.2 Å². The van der Waals surface area contributed by atoms with Crippen LogP contribution in [0.1, 0.15) is 28.6 Å². The van der Waals surface area contributed by atoms with Crippen LogP contribution < -0.4 is 10.0 Å². The second-order valence-corrected chi connectivity index (χ2v) is 9.60. The third-order valence-corrected chi connectivity index (χ3v) is 6.15. The molecule has 0 radical (unpaired) electrons. The largest absolute Gasteiger partial charge is 0.460 e. The second kappa shape index (κ2) is 8.19. The number of rotatable bonds is 7. The molecule has 7 nitrogen and oxygen atoms in total. The number of hydrogen-bond acceptors (Lipinski definition) is 5. The lowest BCUT2D eigenvalue weighted by atomic mass is 10.0. The molecule has 0 fully saturated rings. The Hall–Kier alpha value is -2.72. The smallest absolute Gasteiger partial charge is 0.252 e. The van der Waals surface area contributed by atoms with Crippen LogP contribution in [0.4, 0.5) is 10.1 Å². The molecular formula is C20H18BrFN2O5S. The van der Waals surface area contributed by atoms with E-state index < -0.39 is 21.7 Å². The molecule has 1 heterocycles. The maximum atomic E-state index is 13.2. The summed E-state index contributed by atoms with van der Waals surface area (Å²) < 4.78 is 44.7. The van der Waals surface area contributed by atoms with E-state index >= 15 is 0 Å². The molecular weight excluding hydrogens is 479 g/mol. The molecule has 3 aromatic rings. The quantitative estimate of drug-likeness (QED) is 0.538. The minimum atomic E-state index is -3.76. The lowest BCUT2D eigenvalue weighted by Gasteiger charge is -2.22. The van der Waals surface area contributed by atoms with Gasteiger partial charge in [0.1, 0.15) is 22.9 Å². The molecule has 10 heteroatoms. The molecule has 1 aromatic heterocycles. The fourth-order valence-electron chi connectivity index (χ4n) is 3.11. The normalized spacial score (nSPS) is 11.6. The summed E-state index contributed by atoms with van der Waals surface area (Å²) in [5.74, 6) is -1.18. The Balaban J connectivity index is 2.17. The number of carbonyl (C=O) groups is 2. The van der Waals surface area contributed by atoms with Crippen LogP contribution in [0.2, 0.25) is 0 Å². The summed E-state index contributed by atoms with van der Waals surface area (Å²) in [6, 6.07) is 8.68. The van der Waals surface area contributed by atoms with Gasteiger partial charge in [-0.25, -0.2) is 12.8 Å². The summed E-state index contributed by atoms with van der Waals surface area (Å²) in [6.45, 7) is 0.929. The molecule has 0 aliphatic carbocycles. The van der Waals surface area contributed by atoms with E-state index in [9.17, 15) is 22.4 Å². The molecule has 1 amide bonds. The number of carbonyl (C=O) groups excluding carboxylic acids is 2. The molecule has 2 N–H and O–H groups in total. The van der Waals surface area contributed by atoms with E-state index in [2.05, 4.69) is 15.9 Å². The SMILES string of the molecule is CC(=O)CN(c1cc2oc(Cc3ccc(F)cc3)c(C(N)=O)c2cc1Br)S(C)(=O)=O. The highest BCUT2D eigenvalue weighted by molar-refractivity contribution is 9.10. The van der Waals surface area contributed by atoms with Crippen LogP contribution in [0.15, 0.2) is 45.3 Å². The number of anilines is 1. The molecule has 0 unspecified atom stereocenters. The summed E-state index contributed by atoms with van der Waals surface area (Å²) in [5.41, 5.74) is 6.84. The van der Waals surface area contributed by atoms with Gasteiger partial charge in [-0.2, -0.15) is 0 Å². The van der Waals surface area contributed by atoms with Gasteiger partial charge in [0.15, 0.2) is 0 Å². The van der Waals surface area contributed by atoms with Crippen molar-refractivity contribution in [3.8, 4) is 0 Å². The van der Waals surface area contributed by atoms with Crippen molar-refractivity contribution >= 4 is 54.3 Å². The van der Waals surface area contributed by atoms with Crippen LogP contribution in [0, 0.1) is 5.82 Å². The first-order valence-corrected chi connectivity index (χ1v) is 11.4. The molecule has 30 heavy (non-hydrogen) atoms. The van der Waals surface area contributed by atoms with Gasteiger partial charge in [0.05, 0.1) is 24.1 Å². The predicted molar refractivity (Wildman–Crippen MR) is 115 cm³/mol. The Morgan fingerprint density at radius 2 is 1.83 bits per heavy atom. The van der Waals surface area contributed by atoms with Crippen LogP contribution in [0.5, 0.6) is 0 Å². The number of nitrogens with two attached hydrogens (primary N) is 1. The second-order valence-electron chi connectivity index (χ2n) is 6.84. The standard InChI is InChI=1S/C20H18BrFN2O5S/c1-11(25)10-24(30(2,27)28)16-9-17-14(8-15(16)21)19(20(23)26)18(29-17)7-12-3-5-13(22)6-4-12/h3-6,8-9H,7,10H2,1-2H3,(H2,23,26). The number of benzene rings is 2. The van der Waals surface area contributed by atoms with E-state index in [1.807, 2.05) is 0 Å². The van der Waals surface area contributed by atoms with E-state index in [1.54, 1.807) is 12.1 Å². The fourth-order valence-corrected chi connectivity index (χ4v) is 4.71. The third kappa shape index (κ3) is 4.54. The molecule has 158 valence electrons. The van der Waals surface area contributed by atoms with Crippen molar-refractivity contribution in [1.29, 1.82) is 0 Å². The van der Waals surface area contributed by atoms with E-state index in [0.29, 0.717) is 15.4 Å². The van der Waals surface area contributed by atoms with Gasteiger partial charge in [-0.1, -0.05) is 12.1 Å². The van der Waals surface area contributed by atoms with Crippen molar-refractivity contribution in [1.82, 2.24) is 0 Å². The zero-order valence-corrected chi connectivity index (χ0v) is 18.5. The molecule has 0 atom stereocenters. The van der Waals surface area contributed by atoms with Crippen LogP contribution in [0.25, 0.3) is 11.0 Å². The van der Waals surface area contributed by atoms with Gasteiger partial charge in [-0.05, 0) is 46.6 Å². The van der Waals surface area contributed by atoms with Crippen molar-refractivity contribution in [2.75, 3.05) is 17.1 Å². The van der Waals surface area contributed by atoms with Gasteiger partial charge >= 0.3 is 0 Å². The Labute approximate surface area is 180 Å². The number of sulfonamides is 1. The topological polar surface area (TPSA) is 111 Å².